The molecule has 32 atom stereocenters. The molecule has 16 N–H and O–H groups in total. The van der Waals surface area contributed by atoms with E-state index in [1.54, 1.807) is 0 Å². The highest BCUT2D eigenvalue weighted by Crippen LogP contribution is 2.76. The molecule has 4 saturated carbocycles. The SMILES string of the molecule is CC1(C)CC[C@]2(C(=O)O[C@@H]3O[C@H](CO[C@@H]4O[C@H](CO)[C@@H](O)[C@H](O)[C@H]4O)[C@@H](O)[C@H](O)[C@H]3O)CC[C@]3(C)C(=CC[C@@H]4[C@@]5(C)CC[C@H](O[C@@H]6O[C@H](C(=O)O)[C@@H](O[C@@H]7O[C@@H](CO)[C@H](O)[C@H]7O)[C@H](O[C@@H]7O[C@H](CO)[C@@H](O)[C@H](O)[C@H]7O)[C@H]6O)C(C)(C)[C@@H]5CC[C@]43C)[C@@H]2C1. The number of carboxylic acid groups (broad SMARTS) is 1. The molecule has 0 unspecified atom stereocenters. The third kappa shape index (κ3) is 11.4. The Morgan fingerprint density at radius 2 is 1.01 bits per heavy atom. The van der Waals surface area contributed by atoms with E-state index in [2.05, 4.69) is 54.5 Å². The molecule has 28 heteroatoms. The minimum atomic E-state index is -2.06. The molecule has 0 radical (unpaired) electrons. The molecule has 0 spiro atoms. The van der Waals surface area contributed by atoms with Gasteiger partial charge in [-0.25, -0.2) is 4.79 Å². The van der Waals surface area contributed by atoms with Gasteiger partial charge in [-0.3, -0.25) is 4.79 Å². The Hall–Kier alpha value is -2.28. The van der Waals surface area contributed by atoms with Crippen molar-refractivity contribution in [3.05, 3.63) is 11.6 Å². The third-order valence-electron chi connectivity index (χ3n) is 23.1. The first-order valence-corrected chi connectivity index (χ1v) is 30.7. The number of carboxylic acids is 1. The number of aliphatic hydroxyl groups is 15. The molecule has 9 fully saturated rings. The maximum Gasteiger partial charge on any atom is 0.335 e. The number of hydrogen-bond donors (Lipinski definition) is 16. The summed E-state index contributed by atoms with van der Waals surface area (Å²) in [5.41, 5.74) is -1.83. The molecule has 5 saturated heterocycles. The van der Waals surface area contributed by atoms with Gasteiger partial charge < -0.3 is 129 Å². The summed E-state index contributed by atoms with van der Waals surface area (Å²) in [6, 6.07) is 0. The standard InChI is InChI=1S/C59H94O28/c1-54(2)14-16-59(53(77)87-51-42(73)38(69)35(66)28(82-51)22-78-48-40(71)36(67)32(63)25(19-60)79-48)17-15-57(6)23(24(59)18-54)8-9-30-56(5)12-11-31(55(3,4)29(56)10-13-58(30,57)7)83-52-43(74)44(84-50-41(72)37(68)33(64)26(20-61)80-50)45(46(86-52)47(75)76)85-49-39(70)34(65)27(21-62)81-49/h8,24-46,48-52,60-74H,9-22H2,1-7H3,(H,75,76)/t24-,25+,26+,27-,28+,29-,30+,31-,32+,33+,34-,35+,36-,37-,38-,39+,40+,41+,42+,43+,44+,45-,46-,48+,49-,50-,51-,52+,56-,57+,58+,59-/m0/s1. The zero-order valence-corrected chi connectivity index (χ0v) is 50.2. The number of aliphatic hydroxyl groups excluding tert-OH is 15. The van der Waals surface area contributed by atoms with E-state index >= 15 is 4.79 Å². The summed E-state index contributed by atoms with van der Waals surface area (Å²) in [6.45, 7) is 12.6. The van der Waals surface area contributed by atoms with Gasteiger partial charge in [0.15, 0.2) is 31.3 Å². The number of esters is 1. The topological polar surface area (TPSA) is 450 Å². The van der Waals surface area contributed by atoms with Gasteiger partial charge in [0.25, 0.3) is 0 Å². The summed E-state index contributed by atoms with van der Waals surface area (Å²) < 4.78 is 59.1. The predicted molar refractivity (Wildman–Crippen MR) is 290 cm³/mol. The van der Waals surface area contributed by atoms with Crippen molar-refractivity contribution in [3.8, 4) is 0 Å². The van der Waals surface area contributed by atoms with Crippen LogP contribution in [0.1, 0.15) is 113 Å². The minimum Gasteiger partial charge on any atom is -0.479 e. The van der Waals surface area contributed by atoms with Crippen LogP contribution >= 0.6 is 0 Å². The second-order valence-electron chi connectivity index (χ2n) is 28.7. The van der Waals surface area contributed by atoms with Crippen LogP contribution in [0.2, 0.25) is 0 Å². The lowest BCUT2D eigenvalue weighted by atomic mass is 9.33. The molecule has 5 heterocycles. The van der Waals surface area contributed by atoms with E-state index in [1.807, 2.05) is 0 Å². The van der Waals surface area contributed by atoms with Crippen molar-refractivity contribution < 1.29 is 139 Å². The van der Waals surface area contributed by atoms with E-state index in [0.29, 0.717) is 51.4 Å². The number of rotatable bonds is 15. The van der Waals surface area contributed by atoms with Crippen LogP contribution in [0.3, 0.4) is 0 Å². The Morgan fingerprint density at radius 3 is 1.60 bits per heavy atom. The van der Waals surface area contributed by atoms with Crippen LogP contribution in [0.25, 0.3) is 0 Å². The van der Waals surface area contributed by atoms with Crippen molar-refractivity contribution in [2.24, 2.45) is 50.2 Å². The number of allylic oxidation sites excluding steroid dienone is 2. The number of hydrogen-bond acceptors (Lipinski definition) is 27. The Bertz CT molecular complexity index is 2470. The van der Waals surface area contributed by atoms with Gasteiger partial charge in [-0.1, -0.05) is 60.1 Å². The molecular weight excluding hydrogens is 1160 g/mol. The van der Waals surface area contributed by atoms with Crippen molar-refractivity contribution in [2.75, 3.05) is 26.4 Å². The zero-order valence-electron chi connectivity index (χ0n) is 50.2. The Kier molecular flexibility index (Phi) is 19.3. The molecule has 0 aromatic rings. The monoisotopic (exact) mass is 1250 g/mol. The Labute approximate surface area is 503 Å². The first-order chi connectivity index (χ1) is 40.7. The number of fused-ring (bicyclic) bond motifs is 7. The van der Waals surface area contributed by atoms with Gasteiger partial charge in [0.05, 0.1) is 37.9 Å². The molecule has 0 amide bonds. The molecule has 0 aromatic heterocycles. The van der Waals surface area contributed by atoms with Crippen LogP contribution in [-0.4, -0.2) is 274 Å². The lowest BCUT2D eigenvalue weighted by Gasteiger charge is -2.71. The average molecular weight is 1250 g/mol. The lowest BCUT2D eigenvalue weighted by Crippen LogP contribution is -2.68. The van der Waals surface area contributed by atoms with E-state index in [4.69, 9.17) is 47.4 Å². The molecule has 5 aliphatic carbocycles. The third-order valence-corrected chi connectivity index (χ3v) is 23.1. The summed E-state index contributed by atoms with van der Waals surface area (Å²) >= 11 is 0. The molecule has 498 valence electrons. The minimum absolute atomic E-state index is 0.0194. The van der Waals surface area contributed by atoms with Crippen LogP contribution in [0.5, 0.6) is 0 Å². The summed E-state index contributed by atoms with van der Waals surface area (Å²) in [5, 5.41) is 171. The summed E-state index contributed by atoms with van der Waals surface area (Å²) in [7, 11) is 0. The highest BCUT2D eigenvalue weighted by Gasteiger charge is 2.71. The highest BCUT2D eigenvalue weighted by atomic mass is 16.8. The number of carbonyl (C=O) groups is 2. The normalized spacial score (nSPS) is 53.0. The first kappa shape index (κ1) is 67.6. The van der Waals surface area contributed by atoms with Crippen LogP contribution < -0.4 is 0 Å². The van der Waals surface area contributed by atoms with Gasteiger partial charge in [0.1, 0.15) is 110 Å². The first-order valence-electron chi connectivity index (χ1n) is 30.7. The molecule has 0 bridgehead atoms. The molecule has 5 aliphatic heterocycles. The fourth-order valence-corrected chi connectivity index (χ4v) is 17.7. The van der Waals surface area contributed by atoms with Gasteiger partial charge in [0.2, 0.25) is 6.29 Å². The van der Waals surface area contributed by atoms with Crippen LogP contribution in [-0.2, 0) is 57.0 Å². The van der Waals surface area contributed by atoms with Gasteiger partial charge >= 0.3 is 11.9 Å². The summed E-state index contributed by atoms with van der Waals surface area (Å²) in [4.78, 5) is 28.4. The molecule has 87 heavy (non-hydrogen) atoms. The van der Waals surface area contributed by atoms with E-state index in [1.165, 1.54) is 5.57 Å². The smallest absolute Gasteiger partial charge is 0.335 e. The maximum absolute atomic E-state index is 15.2. The molecule has 10 rings (SSSR count). The highest BCUT2D eigenvalue weighted by molar-refractivity contribution is 5.79. The second kappa shape index (κ2) is 24.9. The number of ether oxygens (including phenoxy) is 10. The van der Waals surface area contributed by atoms with Gasteiger partial charge in [-0.2, -0.15) is 0 Å². The van der Waals surface area contributed by atoms with Crippen molar-refractivity contribution >= 4 is 11.9 Å². The van der Waals surface area contributed by atoms with Gasteiger partial charge in [-0.05, 0) is 109 Å². The maximum atomic E-state index is 15.2. The van der Waals surface area contributed by atoms with Crippen molar-refractivity contribution in [2.45, 2.75) is 266 Å². The molecule has 0 aromatic carbocycles. The van der Waals surface area contributed by atoms with E-state index in [-0.39, 0.29) is 34.0 Å². The van der Waals surface area contributed by atoms with Gasteiger partial charge in [-0.15, -0.1) is 0 Å². The average Bonchev–Trinajstić information content (AvgIpc) is 0.910. The predicted octanol–water partition coefficient (Wildman–Crippen LogP) is -3.48. The number of aliphatic carboxylic acids is 1. The largest absolute Gasteiger partial charge is 0.479 e. The van der Waals surface area contributed by atoms with Crippen LogP contribution in [0.4, 0.5) is 0 Å². The molecule has 10 aliphatic rings. The van der Waals surface area contributed by atoms with Gasteiger partial charge in [0, 0.05) is 0 Å². The molecule has 28 nitrogen and oxygen atoms in total. The van der Waals surface area contributed by atoms with Crippen LogP contribution in [0, 0.1) is 50.2 Å². The zero-order chi connectivity index (χ0) is 63.6. The van der Waals surface area contributed by atoms with Crippen molar-refractivity contribution in [1.82, 2.24) is 0 Å². The summed E-state index contributed by atoms with van der Waals surface area (Å²) in [6.07, 6.45) is -34.5. The van der Waals surface area contributed by atoms with Crippen molar-refractivity contribution in [1.29, 1.82) is 0 Å². The number of carbonyl (C=O) groups excluding carboxylic acids is 1. The second-order valence-corrected chi connectivity index (χ2v) is 28.7. The lowest BCUT2D eigenvalue weighted by molar-refractivity contribution is -0.378. The van der Waals surface area contributed by atoms with E-state index < -0.39 is 208 Å². The van der Waals surface area contributed by atoms with E-state index in [9.17, 15) is 86.5 Å². The fraction of sp³-hybridized carbons (Fsp3) is 0.932. The summed E-state index contributed by atoms with van der Waals surface area (Å²) in [5.74, 6) is -2.48. The van der Waals surface area contributed by atoms with Crippen LogP contribution in [0.15, 0.2) is 11.6 Å². The Morgan fingerprint density at radius 1 is 0.517 bits per heavy atom. The molecular formula is C59H94O28. The quantitative estimate of drug-likeness (QED) is 0.0430. The fourth-order valence-electron chi connectivity index (χ4n) is 17.7. The van der Waals surface area contributed by atoms with Crippen molar-refractivity contribution in [3.63, 3.8) is 0 Å². The Balaban J connectivity index is 0.873. The van der Waals surface area contributed by atoms with E-state index in [0.717, 1.165) is 12.8 Å².